The van der Waals surface area contributed by atoms with Crippen LogP contribution in [0.2, 0.25) is 0 Å². The summed E-state index contributed by atoms with van der Waals surface area (Å²) in [6, 6.07) is 11.4. The molecule has 3 rings (SSSR count). The lowest BCUT2D eigenvalue weighted by Gasteiger charge is -2.13. The highest BCUT2D eigenvalue weighted by Gasteiger charge is 2.14. The van der Waals surface area contributed by atoms with Gasteiger partial charge in [-0.1, -0.05) is 38.0 Å². The Bertz CT molecular complexity index is 887. The predicted molar refractivity (Wildman–Crippen MR) is 107 cm³/mol. The number of benzene rings is 1. The molecule has 0 spiro atoms. The first-order valence-electron chi connectivity index (χ1n) is 8.71. The Labute approximate surface area is 157 Å². The zero-order valence-corrected chi connectivity index (χ0v) is 15.4. The van der Waals surface area contributed by atoms with Gasteiger partial charge in [0.1, 0.15) is 5.58 Å². The lowest BCUT2D eigenvalue weighted by Crippen LogP contribution is -2.34. The van der Waals surface area contributed by atoms with Crippen LogP contribution in [0, 0.1) is 0 Å². The number of fused-ring (bicyclic) bond motifs is 1. The van der Waals surface area contributed by atoms with Gasteiger partial charge in [0.15, 0.2) is 10.9 Å². The summed E-state index contributed by atoms with van der Waals surface area (Å²) in [7, 11) is 0. The lowest BCUT2D eigenvalue weighted by atomic mass is 10.1. The second-order valence-electron chi connectivity index (χ2n) is 6.05. The highest BCUT2D eigenvalue weighted by molar-refractivity contribution is 7.80. The summed E-state index contributed by atoms with van der Waals surface area (Å²) in [6.07, 6.45) is 7.74. The number of unbranched alkanes of at least 4 members (excludes halogenated alkanes) is 2. The number of amides is 1. The van der Waals surface area contributed by atoms with Crippen molar-refractivity contribution in [1.82, 2.24) is 10.3 Å². The van der Waals surface area contributed by atoms with Crippen LogP contribution in [0.3, 0.4) is 0 Å². The van der Waals surface area contributed by atoms with Gasteiger partial charge >= 0.3 is 0 Å². The SMILES string of the molecule is CCCCCc1ccccc1NC(=S)NC(=O)c1cc2cnccc2o1. The van der Waals surface area contributed by atoms with E-state index in [9.17, 15) is 4.79 Å². The fourth-order valence-corrected chi connectivity index (χ4v) is 2.94. The molecule has 0 aliphatic carbocycles. The van der Waals surface area contributed by atoms with E-state index in [1.54, 1.807) is 24.5 Å². The van der Waals surface area contributed by atoms with E-state index < -0.39 is 0 Å². The number of pyridine rings is 1. The monoisotopic (exact) mass is 367 g/mol. The third kappa shape index (κ3) is 4.46. The van der Waals surface area contributed by atoms with Crippen molar-refractivity contribution in [1.29, 1.82) is 0 Å². The minimum atomic E-state index is -0.387. The van der Waals surface area contributed by atoms with E-state index in [2.05, 4.69) is 28.6 Å². The fourth-order valence-electron chi connectivity index (χ4n) is 2.74. The predicted octanol–water partition coefficient (Wildman–Crippen LogP) is 4.69. The average molecular weight is 367 g/mol. The Hall–Kier alpha value is -2.73. The highest BCUT2D eigenvalue weighted by Crippen LogP contribution is 2.19. The molecule has 0 unspecified atom stereocenters. The molecule has 2 N–H and O–H groups in total. The molecule has 2 heterocycles. The number of anilines is 1. The first-order valence-corrected chi connectivity index (χ1v) is 9.12. The summed E-state index contributed by atoms with van der Waals surface area (Å²) in [5.41, 5.74) is 2.72. The molecule has 6 heteroatoms. The third-order valence-electron chi connectivity index (χ3n) is 4.08. The van der Waals surface area contributed by atoms with Crippen molar-refractivity contribution >= 4 is 39.9 Å². The summed E-state index contributed by atoms with van der Waals surface area (Å²) in [5, 5.41) is 6.81. The van der Waals surface area contributed by atoms with Gasteiger partial charge < -0.3 is 9.73 Å². The van der Waals surface area contributed by atoms with Crippen molar-refractivity contribution in [3.8, 4) is 0 Å². The Morgan fingerprint density at radius 2 is 2.08 bits per heavy atom. The number of rotatable bonds is 6. The van der Waals surface area contributed by atoms with E-state index in [4.69, 9.17) is 16.6 Å². The number of thiocarbonyl (C=S) groups is 1. The van der Waals surface area contributed by atoms with Crippen molar-refractivity contribution < 1.29 is 9.21 Å². The number of furan rings is 1. The van der Waals surface area contributed by atoms with Crippen LogP contribution in [0.5, 0.6) is 0 Å². The summed E-state index contributed by atoms with van der Waals surface area (Å²) in [4.78, 5) is 16.4. The van der Waals surface area contributed by atoms with Gasteiger partial charge in [-0.2, -0.15) is 0 Å². The van der Waals surface area contributed by atoms with Crippen LogP contribution in [0.25, 0.3) is 11.0 Å². The summed E-state index contributed by atoms with van der Waals surface area (Å²) in [6.45, 7) is 2.18. The fraction of sp³-hybridized carbons (Fsp3) is 0.250. The van der Waals surface area contributed by atoms with Crippen LogP contribution in [-0.2, 0) is 6.42 Å². The van der Waals surface area contributed by atoms with Crippen molar-refractivity contribution in [3.63, 3.8) is 0 Å². The Kier molecular flexibility index (Phi) is 5.96. The minimum Gasteiger partial charge on any atom is -0.451 e. The molecule has 0 radical (unpaired) electrons. The van der Waals surface area contributed by atoms with Crippen molar-refractivity contribution in [2.75, 3.05) is 5.32 Å². The van der Waals surface area contributed by atoms with Crippen LogP contribution in [0.4, 0.5) is 5.69 Å². The average Bonchev–Trinajstić information content (AvgIpc) is 3.07. The highest BCUT2D eigenvalue weighted by atomic mass is 32.1. The van der Waals surface area contributed by atoms with Gasteiger partial charge in [-0.15, -0.1) is 0 Å². The quantitative estimate of drug-likeness (QED) is 0.489. The number of nitrogens with zero attached hydrogens (tertiary/aromatic N) is 1. The maximum absolute atomic E-state index is 12.4. The molecule has 26 heavy (non-hydrogen) atoms. The van der Waals surface area contributed by atoms with Gasteiger partial charge in [0.2, 0.25) is 0 Å². The summed E-state index contributed by atoms with van der Waals surface area (Å²) >= 11 is 5.29. The smallest absolute Gasteiger partial charge is 0.293 e. The van der Waals surface area contributed by atoms with E-state index in [0.717, 1.165) is 23.9 Å². The standard InChI is InChI=1S/C20H21N3O2S/c1-2-3-4-7-14-8-5-6-9-16(14)22-20(26)23-19(24)18-12-15-13-21-11-10-17(15)25-18/h5-6,8-13H,2-4,7H2,1H3,(H2,22,23,24,26). The molecular formula is C20H21N3O2S. The lowest BCUT2D eigenvalue weighted by molar-refractivity contribution is 0.0953. The van der Waals surface area contributed by atoms with Crippen molar-refractivity contribution in [2.45, 2.75) is 32.6 Å². The molecule has 0 atom stereocenters. The largest absolute Gasteiger partial charge is 0.451 e. The van der Waals surface area contributed by atoms with Gasteiger partial charge in [-0.25, -0.2) is 0 Å². The molecule has 0 aliphatic heterocycles. The second-order valence-corrected chi connectivity index (χ2v) is 6.45. The Morgan fingerprint density at radius 1 is 1.23 bits per heavy atom. The number of hydrogen-bond acceptors (Lipinski definition) is 4. The zero-order valence-electron chi connectivity index (χ0n) is 14.6. The topological polar surface area (TPSA) is 67.2 Å². The molecule has 1 amide bonds. The van der Waals surface area contributed by atoms with Crippen molar-refractivity contribution in [3.05, 3.63) is 60.1 Å². The molecule has 0 saturated heterocycles. The van der Waals surface area contributed by atoms with Crippen LogP contribution in [-0.4, -0.2) is 16.0 Å². The molecule has 0 aliphatic rings. The Morgan fingerprint density at radius 3 is 2.88 bits per heavy atom. The molecule has 0 saturated carbocycles. The number of carbonyl (C=O) groups excluding carboxylic acids is 1. The second kappa shape index (κ2) is 8.58. The van der Waals surface area contributed by atoms with E-state index in [1.165, 1.54) is 18.4 Å². The molecule has 1 aromatic carbocycles. The summed E-state index contributed by atoms with van der Waals surface area (Å²) < 4.78 is 5.53. The molecular weight excluding hydrogens is 346 g/mol. The zero-order chi connectivity index (χ0) is 18.4. The van der Waals surface area contributed by atoms with Crippen LogP contribution in [0.1, 0.15) is 42.3 Å². The number of para-hydroxylation sites is 1. The van der Waals surface area contributed by atoms with Crippen LogP contribution < -0.4 is 10.6 Å². The maximum Gasteiger partial charge on any atom is 0.293 e. The third-order valence-corrected chi connectivity index (χ3v) is 4.29. The van der Waals surface area contributed by atoms with Gasteiger partial charge in [0.05, 0.1) is 0 Å². The maximum atomic E-state index is 12.4. The number of carbonyl (C=O) groups is 1. The molecule has 0 bridgehead atoms. The van der Waals surface area contributed by atoms with E-state index in [1.807, 2.05) is 18.2 Å². The van der Waals surface area contributed by atoms with Gasteiger partial charge in [0, 0.05) is 23.5 Å². The van der Waals surface area contributed by atoms with Gasteiger partial charge in [-0.3, -0.25) is 15.1 Å². The molecule has 134 valence electrons. The van der Waals surface area contributed by atoms with E-state index in [-0.39, 0.29) is 16.8 Å². The Balaban J connectivity index is 1.64. The number of nitrogens with one attached hydrogen (secondary N) is 2. The van der Waals surface area contributed by atoms with E-state index in [0.29, 0.717) is 5.58 Å². The van der Waals surface area contributed by atoms with Crippen molar-refractivity contribution in [2.24, 2.45) is 0 Å². The number of aromatic nitrogens is 1. The summed E-state index contributed by atoms with van der Waals surface area (Å²) in [5.74, 6) is -0.185. The van der Waals surface area contributed by atoms with Crippen LogP contribution in [0.15, 0.2) is 53.2 Å². The molecule has 3 aromatic rings. The van der Waals surface area contributed by atoms with E-state index >= 15 is 0 Å². The molecule has 5 nitrogen and oxygen atoms in total. The van der Waals surface area contributed by atoms with Crippen LogP contribution >= 0.6 is 12.2 Å². The first-order chi connectivity index (χ1) is 12.7. The van der Waals surface area contributed by atoms with Gasteiger partial charge in [-0.05, 0) is 48.8 Å². The molecule has 2 aromatic heterocycles. The first kappa shape index (κ1) is 18.1. The minimum absolute atomic E-state index is 0.202. The van der Waals surface area contributed by atoms with Gasteiger partial charge in [0.25, 0.3) is 5.91 Å². The molecule has 0 fully saturated rings. The number of aryl methyl sites for hydroxylation is 1. The normalized spacial score (nSPS) is 10.7. The number of hydrogen-bond donors (Lipinski definition) is 2.